The average Bonchev–Trinajstić information content (AvgIpc) is 3.32. The third-order valence-corrected chi connectivity index (χ3v) is 5.38. The normalized spacial score (nSPS) is 16.6. The molecule has 0 saturated carbocycles. The van der Waals surface area contributed by atoms with Crippen molar-refractivity contribution in [1.82, 2.24) is 5.32 Å². The van der Waals surface area contributed by atoms with Crippen molar-refractivity contribution in [1.29, 1.82) is 0 Å². The second kappa shape index (κ2) is 12.3. The lowest BCUT2D eigenvalue weighted by atomic mass is 9.99. The summed E-state index contributed by atoms with van der Waals surface area (Å²) in [7, 11) is 1.43. The van der Waals surface area contributed by atoms with E-state index in [1.807, 2.05) is 55.5 Å². The van der Waals surface area contributed by atoms with Gasteiger partial charge in [0.15, 0.2) is 0 Å². The number of carbonyl (C=O) groups excluding carboxylic acids is 1. The van der Waals surface area contributed by atoms with Crippen molar-refractivity contribution >= 4 is 5.97 Å². The summed E-state index contributed by atoms with van der Waals surface area (Å²) in [5.74, 6) is 1.19. The molecule has 1 N–H and O–H groups in total. The van der Waals surface area contributed by atoms with Crippen LogP contribution < -0.4 is 14.8 Å². The van der Waals surface area contributed by atoms with Crippen LogP contribution in [0.25, 0.3) is 0 Å². The van der Waals surface area contributed by atoms with Gasteiger partial charge in [0.25, 0.3) is 0 Å². The summed E-state index contributed by atoms with van der Waals surface area (Å²) in [6.07, 6.45) is 2.93. The van der Waals surface area contributed by atoms with Gasteiger partial charge in [0.05, 0.1) is 25.7 Å². The fourth-order valence-electron chi connectivity index (χ4n) is 3.71. The van der Waals surface area contributed by atoms with Gasteiger partial charge in [0, 0.05) is 25.3 Å². The first-order valence-corrected chi connectivity index (χ1v) is 11.0. The molecule has 1 saturated heterocycles. The molecule has 2 unspecified atom stereocenters. The maximum atomic E-state index is 12.3. The smallest absolute Gasteiger partial charge is 0.310 e. The van der Waals surface area contributed by atoms with Crippen molar-refractivity contribution < 1.29 is 23.7 Å². The minimum absolute atomic E-state index is 0.179. The lowest BCUT2D eigenvalue weighted by Crippen LogP contribution is -2.31. The summed E-state index contributed by atoms with van der Waals surface area (Å²) < 4.78 is 22.2. The number of esters is 1. The summed E-state index contributed by atoms with van der Waals surface area (Å²) in [4.78, 5) is 12.3. The van der Waals surface area contributed by atoms with Crippen LogP contribution in [0.3, 0.4) is 0 Å². The van der Waals surface area contributed by atoms with Gasteiger partial charge in [-0.25, -0.2) is 0 Å². The van der Waals surface area contributed by atoms with Gasteiger partial charge in [-0.2, -0.15) is 0 Å². The SMILES string of the molecule is CCOc1ccc(CC(CNCc2ccccc2OCC2CCCO2)C(=O)OC)cc1. The van der Waals surface area contributed by atoms with Crippen LogP contribution in [0.15, 0.2) is 48.5 Å². The molecule has 0 spiro atoms. The second-order valence-corrected chi connectivity index (χ2v) is 7.69. The van der Waals surface area contributed by atoms with Crippen LogP contribution in [0.4, 0.5) is 0 Å². The van der Waals surface area contributed by atoms with Gasteiger partial charge in [-0.15, -0.1) is 0 Å². The molecule has 1 aliphatic heterocycles. The highest BCUT2D eigenvalue weighted by atomic mass is 16.5. The van der Waals surface area contributed by atoms with Gasteiger partial charge in [-0.3, -0.25) is 4.79 Å². The monoisotopic (exact) mass is 427 g/mol. The Morgan fingerprint density at radius 2 is 1.97 bits per heavy atom. The zero-order valence-corrected chi connectivity index (χ0v) is 18.5. The highest BCUT2D eigenvalue weighted by Gasteiger charge is 2.20. The first-order valence-electron chi connectivity index (χ1n) is 11.0. The number of rotatable bonds is 12. The van der Waals surface area contributed by atoms with E-state index in [1.54, 1.807) is 0 Å². The maximum Gasteiger partial charge on any atom is 0.310 e. The molecule has 0 aromatic heterocycles. The van der Waals surface area contributed by atoms with E-state index in [-0.39, 0.29) is 18.0 Å². The van der Waals surface area contributed by atoms with Gasteiger partial charge in [-0.1, -0.05) is 30.3 Å². The summed E-state index contributed by atoms with van der Waals surface area (Å²) >= 11 is 0. The summed E-state index contributed by atoms with van der Waals surface area (Å²) in [5, 5.41) is 3.40. The van der Waals surface area contributed by atoms with E-state index in [2.05, 4.69) is 5.32 Å². The Morgan fingerprint density at radius 3 is 2.68 bits per heavy atom. The minimum atomic E-state index is -0.275. The van der Waals surface area contributed by atoms with E-state index in [9.17, 15) is 4.79 Å². The van der Waals surface area contributed by atoms with Gasteiger partial charge in [-0.05, 0) is 49.9 Å². The molecular weight excluding hydrogens is 394 g/mol. The van der Waals surface area contributed by atoms with E-state index in [1.165, 1.54) is 7.11 Å². The van der Waals surface area contributed by atoms with E-state index in [0.717, 1.165) is 42.1 Å². The van der Waals surface area contributed by atoms with E-state index in [0.29, 0.717) is 32.7 Å². The van der Waals surface area contributed by atoms with Crippen molar-refractivity contribution in [2.75, 3.05) is 33.5 Å². The first kappa shape index (κ1) is 23.1. The van der Waals surface area contributed by atoms with Crippen LogP contribution >= 0.6 is 0 Å². The molecule has 1 aliphatic rings. The van der Waals surface area contributed by atoms with Crippen molar-refractivity contribution in [3.63, 3.8) is 0 Å². The van der Waals surface area contributed by atoms with Crippen molar-refractivity contribution in [2.45, 2.75) is 38.8 Å². The molecule has 2 aromatic rings. The lowest BCUT2D eigenvalue weighted by Gasteiger charge is -2.18. The summed E-state index contributed by atoms with van der Waals surface area (Å²) in [6.45, 7) is 5.10. The maximum absolute atomic E-state index is 12.3. The summed E-state index contributed by atoms with van der Waals surface area (Å²) in [5.41, 5.74) is 2.13. The Balaban J connectivity index is 1.54. The van der Waals surface area contributed by atoms with Crippen LogP contribution in [-0.4, -0.2) is 45.5 Å². The number of nitrogens with one attached hydrogen (secondary N) is 1. The fourth-order valence-corrected chi connectivity index (χ4v) is 3.71. The van der Waals surface area contributed by atoms with Gasteiger partial charge < -0.3 is 24.3 Å². The van der Waals surface area contributed by atoms with Gasteiger partial charge in [0.1, 0.15) is 18.1 Å². The molecule has 0 aliphatic carbocycles. The number of ether oxygens (including phenoxy) is 4. The quantitative estimate of drug-likeness (QED) is 0.520. The first-order chi connectivity index (χ1) is 15.2. The number of hydrogen-bond donors (Lipinski definition) is 1. The zero-order chi connectivity index (χ0) is 21.9. The van der Waals surface area contributed by atoms with Crippen LogP contribution in [0.5, 0.6) is 11.5 Å². The van der Waals surface area contributed by atoms with Crippen LogP contribution in [0.1, 0.15) is 30.9 Å². The number of hydrogen-bond acceptors (Lipinski definition) is 6. The van der Waals surface area contributed by atoms with Crippen LogP contribution in [0.2, 0.25) is 0 Å². The highest BCUT2D eigenvalue weighted by molar-refractivity contribution is 5.73. The van der Waals surface area contributed by atoms with Crippen molar-refractivity contribution in [2.24, 2.45) is 5.92 Å². The van der Waals surface area contributed by atoms with Gasteiger partial charge >= 0.3 is 5.97 Å². The predicted octanol–water partition coefficient (Wildman–Crippen LogP) is 3.76. The zero-order valence-electron chi connectivity index (χ0n) is 18.5. The Morgan fingerprint density at radius 1 is 1.16 bits per heavy atom. The molecule has 168 valence electrons. The van der Waals surface area contributed by atoms with Crippen LogP contribution in [0, 0.1) is 5.92 Å². The average molecular weight is 428 g/mol. The standard InChI is InChI=1S/C25H33NO5/c1-3-29-22-12-10-19(11-13-22)15-21(25(27)28-2)17-26-16-20-7-4-5-9-24(20)31-18-23-8-6-14-30-23/h4-5,7,9-13,21,23,26H,3,6,8,14-18H2,1-2H3. The molecule has 0 bridgehead atoms. The molecule has 31 heavy (non-hydrogen) atoms. The minimum Gasteiger partial charge on any atom is -0.494 e. The third-order valence-electron chi connectivity index (χ3n) is 5.38. The molecule has 1 fully saturated rings. The van der Waals surface area contributed by atoms with E-state index >= 15 is 0 Å². The van der Waals surface area contributed by atoms with Crippen LogP contribution in [-0.2, 0) is 27.2 Å². The fraction of sp³-hybridized carbons (Fsp3) is 0.480. The Hall–Kier alpha value is -2.57. The molecule has 3 rings (SSSR count). The topological polar surface area (TPSA) is 66.0 Å². The molecule has 0 radical (unpaired) electrons. The van der Waals surface area contributed by atoms with Crippen molar-refractivity contribution in [3.05, 3.63) is 59.7 Å². The largest absolute Gasteiger partial charge is 0.494 e. The predicted molar refractivity (Wildman–Crippen MR) is 119 cm³/mol. The second-order valence-electron chi connectivity index (χ2n) is 7.69. The lowest BCUT2D eigenvalue weighted by molar-refractivity contribution is -0.145. The molecule has 1 heterocycles. The van der Waals surface area contributed by atoms with E-state index in [4.69, 9.17) is 18.9 Å². The van der Waals surface area contributed by atoms with E-state index < -0.39 is 0 Å². The summed E-state index contributed by atoms with van der Waals surface area (Å²) in [6, 6.07) is 15.8. The number of para-hydroxylation sites is 1. The number of methoxy groups -OCH3 is 1. The molecule has 2 aromatic carbocycles. The highest BCUT2D eigenvalue weighted by Crippen LogP contribution is 2.21. The molecule has 2 atom stereocenters. The van der Waals surface area contributed by atoms with Gasteiger partial charge in [0.2, 0.25) is 0 Å². The number of benzene rings is 2. The van der Waals surface area contributed by atoms with Crippen molar-refractivity contribution in [3.8, 4) is 11.5 Å². The molecule has 0 amide bonds. The third kappa shape index (κ3) is 7.26. The Kier molecular flexibility index (Phi) is 9.18. The molecular formula is C25H33NO5. The molecule has 6 heteroatoms. The Bertz CT molecular complexity index is 802. The molecule has 6 nitrogen and oxygen atoms in total. The Labute approximate surface area is 184 Å². The number of carbonyl (C=O) groups is 1.